The van der Waals surface area contributed by atoms with Crippen LogP contribution in [0, 0.1) is 24.7 Å². The molecule has 0 aromatic carbocycles. The zero-order valence-electron chi connectivity index (χ0n) is 20.6. The Morgan fingerprint density at radius 3 is 2.70 bits per heavy atom. The number of ether oxygens (including phenoxy) is 1. The Morgan fingerprint density at radius 1 is 1.30 bits per heavy atom. The van der Waals surface area contributed by atoms with Gasteiger partial charge in [-0.3, -0.25) is 4.79 Å². The van der Waals surface area contributed by atoms with Gasteiger partial charge in [-0.05, 0) is 62.0 Å². The number of hydrogen-bond acceptors (Lipinski definition) is 7. The van der Waals surface area contributed by atoms with E-state index in [2.05, 4.69) is 33.9 Å². The van der Waals surface area contributed by atoms with Crippen molar-refractivity contribution in [1.29, 1.82) is 0 Å². The summed E-state index contributed by atoms with van der Waals surface area (Å²) in [5.41, 5.74) is 1.91. The van der Waals surface area contributed by atoms with Gasteiger partial charge in [-0.25, -0.2) is 4.98 Å². The fourth-order valence-electron chi connectivity index (χ4n) is 4.80. The summed E-state index contributed by atoms with van der Waals surface area (Å²) >= 11 is 0. The van der Waals surface area contributed by atoms with Gasteiger partial charge in [0.1, 0.15) is 0 Å². The maximum atomic E-state index is 11.9. The second kappa shape index (κ2) is 10.1. The van der Waals surface area contributed by atoms with Gasteiger partial charge in [0.15, 0.2) is 5.82 Å². The molecule has 3 heterocycles. The second-order valence-electron chi connectivity index (χ2n) is 10.1. The first-order valence-electron chi connectivity index (χ1n) is 12.2. The smallest absolute Gasteiger partial charge is 0.324 e. The molecule has 4 rings (SSSR count). The Labute approximate surface area is 196 Å². The molecule has 8 heteroatoms. The minimum atomic E-state index is 0.0767. The van der Waals surface area contributed by atoms with Crippen molar-refractivity contribution in [3.8, 4) is 5.88 Å². The standard InChI is InChI=1S/C25H37N5O3/c1-16(2)23-27-25(33-28-23)30-9-6-19(7-10-30)21-14-20(21)8-11-32-24-17(3)12-18(15-26-24)13-22(31)29(4)5/h12,15-16,19-21H,6-11,13-14H2,1-5H3/t20-,21-/m1/s1. The Morgan fingerprint density at radius 2 is 2.06 bits per heavy atom. The molecular formula is C25H37N5O3. The Balaban J connectivity index is 1.17. The van der Waals surface area contributed by atoms with Crippen LogP contribution >= 0.6 is 0 Å². The average molecular weight is 456 g/mol. The number of carbonyl (C=O) groups excluding carboxylic acids is 1. The molecule has 0 N–H and O–H groups in total. The van der Waals surface area contributed by atoms with E-state index in [1.165, 1.54) is 19.3 Å². The maximum absolute atomic E-state index is 11.9. The van der Waals surface area contributed by atoms with Crippen LogP contribution in [-0.2, 0) is 11.2 Å². The minimum Gasteiger partial charge on any atom is -0.477 e. The third-order valence-electron chi connectivity index (χ3n) is 7.01. The van der Waals surface area contributed by atoms with E-state index in [9.17, 15) is 4.79 Å². The molecule has 2 aliphatic rings. The molecular weight excluding hydrogens is 418 g/mol. The summed E-state index contributed by atoms with van der Waals surface area (Å²) in [6.45, 7) is 8.85. The molecule has 2 atom stereocenters. The van der Waals surface area contributed by atoms with Crippen molar-refractivity contribution >= 4 is 11.9 Å². The highest BCUT2D eigenvalue weighted by Gasteiger charge is 2.43. The highest BCUT2D eigenvalue weighted by molar-refractivity contribution is 5.78. The number of nitrogens with zero attached hydrogens (tertiary/aromatic N) is 5. The fourth-order valence-corrected chi connectivity index (χ4v) is 4.80. The summed E-state index contributed by atoms with van der Waals surface area (Å²) in [5, 5.41) is 4.09. The number of rotatable bonds is 9. The molecule has 1 aliphatic heterocycles. The van der Waals surface area contributed by atoms with E-state index in [4.69, 9.17) is 9.26 Å². The number of pyridine rings is 1. The molecule has 1 saturated carbocycles. The molecule has 33 heavy (non-hydrogen) atoms. The van der Waals surface area contributed by atoms with Gasteiger partial charge >= 0.3 is 6.01 Å². The number of amides is 1. The molecule has 1 amide bonds. The molecule has 0 spiro atoms. The van der Waals surface area contributed by atoms with Crippen molar-refractivity contribution in [2.75, 3.05) is 38.7 Å². The van der Waals surface area contributed by atoms with Crippen LogP contribution in [0.4, 0.5) is 6.01 Å². The quantitative estimate of drug-likeness (QED) is 0.568. The predicted molar refractivity (Wildman–Crippen MR) is 126 cm³/mol. The van der Waals surface area contributed by atoms with E-state index < -0.39 is 0 Å². The molecule has 180 valence electrons. The van der Waals surface area contributed by atoms with Crippen molar-refractivity contribution in [1.82, 2.24) is 20.0 Å². The zero-order valence-corrected chi connectivity index (χ0v) is 20.6. The lowest BCUT2D eigenvalue weighted by Gasteiger charge is -2.30. The third kappa shape index (κ3) is 5.84. The van der Waals surface area contributed by atoms with E-state index >= 15 is 0 Å². The van der Waals surface area contributed by atoms with Gasteiger partial charge in [0.2, 0.25) is 11.8 Å². The van der Waals surface area contributed by atoms with Gasteiger partial charge in [0, 0.05) is 44.9 Å². The number of aromatic nitrogens is 3. The number of likely N-dealkylation sites (N-methyl/N-ethyl adjacent to an activating group) is 1. The van der Waals surface area contributed by atoms with Crippen LogP contribution in [0.15, 0.2) is 16.8 Å². The van der Waals surface area contributed by atoms with E-state index in [0.29, 0.717) is 30.8 Å². The molecule has 0 radical (unpaired) electrons. The summed E-state index contributed by atoms with van der Waals surface area (Å²) < 4.78 is 11.4. The lowest BCUT2D eigenvalue weighted by molar-refractivity contribution is -0.127. The van der Waals surface area contributed by atoms with E-state index in [1.54, 1.807) is 25.2 Å². The van der Waals surface area contributed by atoms with Crippen LogP contribution in [0.2, 0.25) is 0 Å². The van der Waals surface area contributed by atoms with Crippen molar-refractivity contribution in [3.63, 3.8) is 0 Å². The molecule has 0 unspecified atom stereocenters. The van der Waals surface area contributed by atoms with Gasteiger partial charge in [-0.2, -0.15) is 4.98 Å². The number of piperidine rings is 1. The molecule has 8 nitrogen and oxygen atoms in total. The SMILES string of the molecule is Cc1cc(CC(=O)N(C)C)cnc1OCC[C@@H]1C[C@@H]1C1CCN(c2nc(C(C)C)no2)CC1. The number of carbonyl (C=O) groups is 1. The summed E-state index contributed by atoms with van der Waals surface area (Å²) in [5.74, 6) is 4.20. The van der Waals surface area contributed by atoms with Gasteiger partial charge in [0.25, 0.3) is 0 Å². The Hall–Kier alpha value is -2.64. The zero-order chi connectivity index (χ0) is 23.5. The molecule has 2 fully saturated rings. The topological polar surface area (TPSA) is 84.6 Å². The molecule has 1 saturated heterocycles. The monoisotopic (exact) mass is 455 g/mol. The Kier molecular flexibility index (Phi) is 7.20. The second-order valence-corrected chi connectivity index (χ2v) is 10.1. The molecule has 0 bridgehead atoms. The van der Waals surface area contributed by atoms with Crippen molar-refractivity contribution < 1.29 is 14.1 Å². The largest absolute Gasteiger partial charge is 0.477 e. The van der Waals surface area contributed by atoms with Crippen molar-refractivity contribution in [2.45, 2.75) is 58.8 Å². The number of hydrogen-bond donors (Lipinski definition) is 0. The van der Waals surface area contributed by atoms with Crippen LogP contribution in [-0.4, -0.2) is 59.7 Å². The van der Waals surface area contributed by atoms with E-state index in [0.717, 1.165) is 54.2 Å². The van der Waals surface area contributed by atoms with Crippen LogP contribution < -0.4 is 9.64 Å². The Bertz CT molecular complexity index is 949. The van der Waals surface area contributed by atoms with Crippen molar-refractivity contribution in [3.05, 3.63) is 29.2 Å². The summed E-state index contributed by atoms with van der Waals surface area (Å²) in [6, 6.07) is 2.68. The van der Waals surface area contributed by atoms with E-state index in [-0.39, 0.29) is 5.91 Å². The van der Waals surface area contributed by atoms with Gasteiger partial charge in [-0.1, -0.05) is 19.0 Å². The summed E-state index contributed by atoms with van der Waals surface area (Å²) in [4.78, 5) is 24.7. The minimum absolute atomic E-state index is 0.0767. The summed E-state index contributed by atoms with van der Waals surface area (Å²) in [7, 11) is 3.54. The lowest BCUT2D eigenvalue weighted by Crippen LogP contribution is -2.34. The third-order valence-corrected chi connectivity index (χ3v) is 7.01. The van der Waals surface area contributed by atoms with Crippen LogP contribution in [0.1, 0.15) is 62.4 Å². The number of aryl methyl sites for hydroxylation is 1. The molecule has 2 aromatic heterocycles. The van der Waals surface area contributed by atoms with Crippen LogP contribution in [0.5, 0.6) is 5.88 Å². The normalized spacial score (nSPS) is 20.8. The fraction of sp³-hybridized carbons (Fsp3) is 0.680. The van der Waals surface area contributed by atoms with Gasteiger partial charge in [-0.15, -0.1) is 0 Å². The number of anilines is 1. The lowest BCUT2D eigenvalue weighted by atomic mass is 9.90. The predicted octanol–water partition coefficient (Wildman–Crippen LogP) is 3.85. The molecule has 1 aliphatic carbocycles. The van der Waals surface area contributed by atoms with Crippen LogP contribution in [0.3, 0.4) is 0 Å². The average Bonchev–Trinajstić information content (AvgIpc) is 3.37. The van der Waals surface area contributed by atoms with Gasteiger partial charge in [0.05, 0.1) is 13.0 Å². The van der Waals surface area contributed by atoms with Crippen molar-refractivity contribution in [2.24, 2.45) is 17.8 Å². The highest BCUT2D eigenvalue weighted by Crippen LogP contribution is 2.50. The van der Waals surface area contributed by atoms with E-state index in [1.807, 2.05) is 13.0 Å². The van der Waals surface area contributed by atoms with Crippen LogP contribution in [0.25, 0.3) is 0 Å². The first-order chi connectivity index (χ1) is 15.8. The van der Waals surface area contributed by atoms with Gasteiger partial charge < -0.3 is 19.1 Å². The highest BCUT2D eigenvalue weighted by atomic mass is 16.5. The first kappa shape index (κ1) is 23.5. The maximum Gasteiger partial charge on any atom is 0.324 e. The summed E-state index contributed by atoms with van der Waals surface area (Å²) in [6.07, 6.45) is 6.89. The molecule has 2 aromatic rings. The first-order valence-corrected chi connectivity index (χ1v) is 12.2.